The van der Waals surface area contributed by atoms with Gasteiger partial charge < -0.3 is 5.32 Å². The van der Waals surface area contributed by atoms with Crippen molar-refractivity contribution in [3.8, 4) is 0 Å². The molecule has 6 nitrogen and oxygen atoms in total. The van der Waals surface area contributed by atoms with Gasteiger partial charge in [-0.3, -0.25) is 9.78 Å². The second kappa shape index (κ2) is 8.37. The van der Waals surface area contributed by atoms with Gasteiger partial charge in [-0.1, -0.05) is 6.92 Å². The molecule has 1 atom stereocenters. The predicted molar refractivity (Wildman–Crippen MR) is 100 cm³/mol. The number of ketones is 1. The monoisotopic (exact) mass is 339 g/mol. The van der Waals surface area contributed by atoms with Crippen molar-refractivity contribution < 1.29 is 4.79 Å². The maximum Gasteiger partial charge on any atom is 0.161 e. The first-order valence-corrected chi connectivity index (χ1v) is 8.42. The van der Waals surface area contributed by atoms with Gasteiger partial charge in [0, 0.05) is 24.0 Å². The molecule has 1 unspecified atom stereocenters. The molecule has 0 saturated carbocycles. The topological polar surface area (TPSA) is 72.2 Å². The largest absolute Gasteiger partial charge is 0.368 e. The van der Waals surface area contributed by atoms with E-state index in [1.54, 1.807) is 24.5 Å². The lowest BCUT2D eigenvalue weighted by atomic mass is 10.2. The van der Waals surface area contributed by atoms with Gasteiger partial charge in [-0.25, -0.2) is 4.98 Å². The Morgan fingerprint density at radius 2 is 2.08 bits per heavy atom. The number of aryl methyl sites for hydroxylation is 2. The summed E-state index contributed by atoms with van der Waals surface area (Å²) < 4.78 is 1.87. The smallest absolute Gasteiger partial charge is 0.161 e. The fourth-order valence-corrected chi connectivity index (χ4v) is 2.25. The summed E-state index contributed by atoms with van der Waals surface area (Å²) in [6.07, 6.45) is 4.29. The molecule has 3 heterocycles. The first kappa shape index (κ1) is 18.6. The Balaban J connectivity index is 0.000000212. The number of nitrogens with one attached hydrogen (secondary N) is 1. The van der Waals surface area contributed by atoms with Gasteiger partial charge in [0.25, 0.3) is 0 Å². The summed E-state index contributed by atoms with van der Waals surface area (Å²) in [5.41, 5.74) is 2.77. The number of anilines is 1. The lowest BCUT2D eigenvalue weighted by Gasteiger charge is -2.14. The third-order valence-electron chi connectivity index (χ3n) is 3.76. The predicted octanol–water partition coefficient (Wildman–Crippen LogP) is 3.84. The molecule has 25 heavy (non-hydrogen) atoms. The minimum Gasteiger partial charge on any atom is -0.368 e. The van der Waals surface area contributed by atoms with E-state index in [1.165, 1.54) is 12.5 Å². The van der Waals surface area contributed by atoms with Gasteiger partial charge in [0.05, 0.1) is 0 Å². The molecule has 0 aliphatic heterocycles. The van der Waals surface area contributed by atoms with Gasteiger partial charge in [0.1, 0.15) is 11.6 Å². The molecular formula is C19H25N5O. The highest BCUT2D eigenvalue weighted by Gasteiger charge is 2.07. The molecule has 0 aliphatic carbocycles. The third-order valence-corrected chi connectivity index (χ3v) is 3.76. The van der Waals surface area contributed by atoms with E-state index in [1.807, 2.05) is 17.5 Å². The summed E-state index contributed by atoms with van der Waals surface area (Å²) in [5.74, 6) is 1.88. The summed E-state index contributed by atoms with van der Waals surface area (Å²) in [6.45, 7) is 9.84. The number of aromatic nitrogens is 4. The number of rotatable bonds is 4. The van der Waals surface area contributed by atoms with Crippen molar-refractivity contribution >= 4 is 17.2 Å². The quantitative estimate of drug-likeness (QED) is 0.731. The van der Waals surface area contributed by atoms with Crippen LogP contribution in [0.4, 0.5) is 5.82 Å². The lowest BCUT2D eigenvalue weighted by molar-refractivity contribution is 0.101. The number of carbonyl (C=O) groups excluding carboxylic acids is 1. The van der Waals surface area contributed by atoms with Gasteiger partial charge in [-0.2, -0.15) is 4.52 Å². The van der Waals surface area contributed by atoms with E-state index in [9.17, 15) is 4.79 Å². The van der Waals surface area contributed by atoms with Gasteiger partial charge >= 0.3 is 0 Å². The Morgan fingerprint density at radius 1 is 1.32 bits per heavy atom. The molecule has 132 valence electrons. The van der Waals surface area contributed by atoms with Gasteiger partial charge in [-0.15, -0.1) is 5.10 Å². The van der Waals surface area contributed by atoms with Crippen LogP contribution in [0.3, 0.4) is 0 Å². The van der Waals surface area contributed by atoms with Crippen LogP contribution < -0.4 is 5.32 Å². The zero-order valence-electron chi connectivity index (χ0n) is 15.4. The van der Waals surface area contributed by atoms with Crippen LogP contribution in [0.1, 0.15) is 48.9 Å². The van der Waals surface area contributed by atoms with Crippen molar-refractivity contribution in [2.75, 3.05) is 5.32 Å². The van der Waals surface area contributed by atoms with Crippen molar-refractivity contribution in [1.82, 2.24) is 19.6 Å². The van der Waals surface area contributed by atoms with Crippen LogP contribution in [0.2, 0.25) is 0 Å². The molecule has 0 aromatic carbocycles. The van der Waals surface area contributed by atoms with E-state index >= 15 is 0 Å². The molecule has 0 saturated heterocycles. The summed E-state index contributed by atoms with van der Waals surface area (Å²) in [7, 11) is 0. The average Bonchev–Trinajstić information content (AvgIpc) is 2.96. The minimum absolute atomic E-state index is 0.0584. The maximum atomic E-state index is 10.6. The Morgan fingerprint density at radius 3 is 2.64 bits per heavy atom. The molecule has 0 spiro atoms. The molecule has 0 aliphatic rings. The molecule has 1 N–H and O–H groups in total. The molecular weight excluding hydrogens is 314 g/mol. The van der Waals surface area contributed by atoms with Gasteiger partial charge in [0.15, 0.2) is 11.4 Å². The third kappa shape index (κ3) is 5.11. The zero-order valence-corrected chi connectivity index (χ0v) is 15.4. The Labute approximate surface area is 148 Å². The van der Waals surface area contributed by atoms with Crippen LogP contribution in [0.15, 0.2) is 36.7 Å². The number of fused-ring (bicyclic) bond motifs is 1. The summed E-state index contributed by atoms with van der Waals surface area (Å²) >= 11 is 0. The first-order valence-electron chi connectivity index (χ1n) is 8.42. The fraction of sp³-hybridized carbons (Fsp3) is 0.368. The Hall–Kier alpha value is -2.76. The van der Waals surface area contributed by atoms with Crippen LogP contribution in [-0.4, -0.2) is 31.4 Å². The Kier molecular flexibility index (Phi) is 6.22. The van der Waals surface area contributed by atoms with Gasteiger partial charge in [0.2, 0.25) is 0 Å². The van der Waals surface area contributed by atoms with Crippen LogP contribution in [-0.2, 0) is 0 Å². The van der Waals surface area contributed by atoms with E-state index in [2.05, 4.69) is 47.2 Å². The number of carbonyl (C=O) groups is 1. The normalized spacial score (nSPS) is 11.6. The fourth-order valence-electron chi connectivity index (χ4n) is 2.25. The standard InChI is InChI=1S/C12H18N4.C7H7NO/c1-5-9(3)13-11-6-8(2)7-12-14-10(4)15-16(11)12;1-6(9)7-3-2-4-8-5-7/h6-7,9,13H,5H2,1-4H3;2-5H,1H3. The highest BCUT2D eigenvalue weighted by molar-refractivity contribution is 5.93. The Bertz CT molecular complexity index is 842. The van der Waals surface area contributed by atoms with E-state index < -0.39 is 0 Å². The van der Waals surface area contributed by atoms with Crippen LogP contribution >= 0.6 is 0 Å². The number of hydrogen-bond acceptors (Lipinski definition) is 5. The molecule has 0 bridgehead atoms. The number of Topliss-reactive ketones (excluding diaryl/α,β-unsaturated/α-hetero) is 1. The average molecular weight is 339 g/mol. The zero-order chi connectivity index (χ0) is 18.4. The maximum absolute atomic E-state index is 10.6. The molecule has 0 amide bonds. The molecule has 3 aromatic rings. The number of pyridine rings is 2. The van der Waals surface area contributed by atoms with Crippen LogP contribution in [0, 0.1) is 13.8 Å². The second-order valence-electron chi connectivity index (χ2n) is 6.10. The molecule has 3 aromatic heterocycles. The SMILES string of the molecule is CC(=O)c1cccnc1.CCC(C)Nc1cc(C)cc2nc(C)nn12. The van der Waals surface area contributed by atoms with Crippen molar-refractivity contribution in [3.63, 3.8) is 0 Å². The van der Waals surface area contributed by atoms with Gasteiger partial charge in [-0.05, 0) is 63.9 Å². The van der Waals surface area contributed by atoms with Crippen molar-refractivity contribution in [2.24, 2.45) is 0 Å². The van der Waals surface area contributed by atoms with Crippen molar-refractivity contribution in [2.45, 2.75) is 47.1 Å². The van der Waals surface area contributed by atoms with E-state index in [0.717, 1.165) is 23.7 Å². The van der Waals surface area contributed by atoms with E-state index in [4.69, 9.17) is 0 Å². The van der Waals surface area contributed by atoms with Crippen LogP contribution in [0.5, 0.6) is 0 Å². The summed E-state index contributed by atoms with van der Waals surface area (Å²) in [6, 6.07) is 8.08. The lowest BCUT2D eigenvalue weighted by Crippen LogP contribution is -2.16. The minimum atomic E-state index is 0.0584. The summed E-state index contributed by atoms with van der Waals surface area (Å²) in [4.78, 5) is 18.8. The van der Waals surface area contributed by atoms with Crippen molar-refractivity contribution in [3.05, 3.63) is 53.6 Å². The van der Waals surface area contributed by atoms with E-state index in [0.29, 0.717) is 11.6 Å². The molecule has 0 radical (unpaired) electrons. The molecule has 0 fully saturated rings. The highest BCUT2D eigenvalue weighted by Crippen LogP contribution is 2.15. The van der Waals surface area contributed by atoms with E-state index in [-0.39, 0.29) is 5.78 Å². The first-order chi connectivity index (χ1) is 11.9. The molecule has 6 heteroatoms. The summed E-state index contributed by atoms with van der Waals surface area (Å²) in [5, 5.41) is 7.83. The second-order valence-corrected chi connectivity index (χ2v) is 6.10. The number of nitrogens with zero attached hydrogens (tertiary/aromatic N) is 4. The number of hydrogen-bond donors (Lipinski definition) is 1. The highest BCUT2D eigenvalue weighted by atomic mass is 16.1. The van der Waals surface area contributed by atoms with Crippen molar-refractivity contribution in [1.29, 1.82) is 0 Å². The van der Waals surface area contributed by atoms with Crippen LogP contribution in [0.25, 0.3) is 5.65 Å². The molecule has 3 rings (SSSR count).